The van der Waals surface area contributed by atoms with E-state index < -0.39 is 10.8 Å². The molecule has 0 atom stereocenters. The average molecular weight is 411 g/mol. The maximum absolute atomic E-state index is 12.8. The summed E-state index contributed by atoms with van der Waals surface area (Å²) in [4.78, 5) is 0. The molecule has 26 heavy (non-hydrogen) atoms. The number of hydrogen-bond acceptors (Lipinski definition) is 7. The van der Waals surface area contributed by atoms with Gasteiger partial charge in [-0.1, -0.05) is 38.3 Å². The van der Waals surface area contributed by atoms with Crippen molar-refractivity contribution in [3.05, 3.63) is 46.5 Å². The molecule has 0 unspecified atom stereocenters. The molecule has 0 radical (unpaired) electrons. The molecule has 0 fully saturated rings. The zero-order valence-corrected chi connectivity index (χ0v) is 16.6. The lowest BCUT2D eigenvalue weighted by Gasteiger charge is -2.13. The monoisotopic (exact) mass is 410 g/mol. The largest absolute Gasteiger partial charge is 0.508 e. The molecular formula is C18H18O5S3. The van der Waals surface area contributed by atoms with Gasteiger partial charge in [0.05, 0.1) is 0 Å². The molecule has 8 heteroatoms. The smallest absolute Gasteiger partial charge is 0.128 e. The van der Waals surface area contributed by atoms with Crippen molar-refractivity contribution in [2.45, 2.75) is 26.7 Å². The maximum Gasteiger partial charge on any atom is 0.128 e. The first-order valence-corrected chi connectivity index (χ1v) is 9.77. The highest BCUT2D eigenvalue weighted by molar-refractivity contribution is 8.29. The van der Waals surface area contributed by atoms with Crippen LogP contribution in [0.4, 0.5) is 0 Å². The van der Waals surface area contributed by atoms with Gasteiger partial charge in [0, 0.05) is 23.3 Å². The third kappa shape index (κ3) is 3.87. The third-order valence-corrected chi connectivity index (χ3v) is 6.39. The fourth-order valence-electron chi connectivity index (χ4n) is 2.42. The predicted molar refractivity (Wildman–Crippen MR) is 110 cm³/mol. The zero-order valence-electron chi connectivity index (χ0n) is 14.1. The number of phenols is 4. The van der Waals surface area contributed by atoms with Crippen LogP contribution in [0.5, 0.6) is 23.0 Å². The molecule has 0 aliphatic carbocycles. The van der Waals surface area contributed by atoms with Crippen molar-refractivity contribution in [3.8, 4) is 23.0 Å². The van der Waals surface area contributed by atoms with Crippen LogP contribution in [-0.4, -0.2) is 33.0 Å². The van der Waals surface area contributed by atoms with E-state index in [2.05, 4.69) is 0 Å². The minimum Gasteiger partial charge on any atom is -0.508 e. The highest BCUT2D eigenvalue weighted by atomic mass is 32.2. The summed E-state index contributed by atoms with van der Waals surface area (Å²) in [6.45, 7) is 3.64. The molecule has 4 N–H and O–H groups in total. The number of hydrogen-bond donors (Lipinski definition) is 4. The van der Waals surface area contributed by atoms with Gasteiger partial charge in [-0.3, -0.25) is 0 Å². The molecule has 0 heterocycles. The summed E-state index contributed by atoms with van der Waals surface area (Å²) in [7, 11) is -1.99. The van der Waals surface area contributed by atoms with Crippen LogP contribution in [0.2, 0.25) is 0 Å². The Bertz CT molecular complexity index is 848. The maximum atomic E-state index is 12.8. The quantitative estimate of drug-likeness (QED) is 0.573. The average Bonchev–Trinajstić information content (AvgIpc) is 2.60. The summed E-state index contributed by atoms with van der Waals surface area (Å²) in [6, 6.07) is 5.24. The number of benzene rings is 2. The van der Waals surface area contributed by atoms with E-state index in [9.17, 15) is 24.6 Å². The fraction of sp³-hybridized carbons (Fsp3) is 0.222. The van der Waals surface area contributed by atoms with Crippen LogP contribution in [0, 0.1) is 0 Å². The molecule has 2 aromatic carbocycles. The molecule has 0 bridgehead atoms. The van der Waals surface area contributed by atoms with Gasteiger partial charge in [-0.05, 0) is 36.1 Å². The van der Waals surface area contributed by atoms with Crippen LogP contribution in [-0.2, 0) is 23.6 Å². The van der Waals surface area contributed by atoms with E-state index in [0.717, 1.165) is 12.1 Å². The van der Waals surface area contributed by atoms with Gasteiger partial charge in [-0.15, -0.1) is 0 Å². The van der Waals surface area contributed by atoms with Gasteiger partial charge in [-0.2, -0.15) is 0 Å². The first-order valence-electron chi connectivity index (χ1n) is 7.81. The van der Waals surface area contributed by atoms with Crippen molar-refractivity contribution in [3.63, 3.8) is 0 Å². The topological polar surface area (TPSA) is 98.0 Å². The molecule has 5 nitrogen and oxygen atoms in total. The number of aromatic hydroxyl groups is 4. The lowest BCUT2D eigenvalue weighted by molar-refractivity contribution is 0.445. The summed E-state index contributed by atoms with van der Waals surface area (Å²) >= 11 is 10.5. The van der Waals surface area contributed by atoms with Crippen molar-refractivity contribution >= 4 is 43.6 Å². The first kappa shape index (κ1) is 20.3. The van der Waals surface area contributed by atoms with E-state index in [4.69, 9.17) is 24.4 Å². The number of phenolic OH excluding ortho intramolecular Hbond substituents is 4. The Morgan fingerprint density at radius 1 is 0.769 bits per heavy atom. The van der Waals surface area contributed by atoms with E-state index in [1.165, 1.54) is 12.1 Å². The standard InChI is InChI=1S/C18H18O5S3/c1-3-9-5-11(15(21)7-13(9)19)17(24)26(23)18(25)12-6-10(4-2)14(20)8-16(12)22/h5-8,19-22H,3-4H2,1-2H3. The zero-order chi connectivity index (χ0) is 19.6. The van der Waals surface area contributed by atoms with Crippen LogP contribution in [0.15, 0.2) is 24.3 Å². The molecule has 0 saturated heterocycles. The lowest BCUT2D eigenvalue weighted by atomic mass is 10.1. The molecule has 0 saturated carbocycles. The third-order valence-electron chi connectivity index (χ3n) is 3.93. The van der Waals surface area contributed by atoms with Gasteiger partial charge >= 0.3 is 0 Å². The van der Waals surface area contributed by atoms with Crippen molar-refractivity contribution < 1.29 is 24.6 Å². The second kappa shape index (κ2) is 8.11. The minimum absolute atomic E-state index is 0.0753. The van der Waals surface area contributed by atoms with Gasteiger partial charge < -0.3 is 20.4 Å². The first-order chi connectivity index (χ1) is 12.2. The molecule has 2 aromatic rings. The van der Waals surface area contributed by atoms with Crippen molar-refractivity contribution in [2.75, 3.05) is 0 Å². The summed E-state index contributed by atoms with van der Waals surface area (Å²) in [5, 5.41) is 39.7. The van der Waals surface area contributed by atoms with Crippen LogP contribution in [0.3, 0.4) is 0 Å². The molecule has 0 spiro atoms. The molecule has 0 aromatic heterocycles. The van der Waals surface area contributed by atoms with Crippen molar-refractivity contribution in [2.24, 2.45) is 0 Å². The van der Waals surface area contributed by atoms with E-state index >= 15 is 0 Å². The number of thiocarbonyl (C=S) groups is 2. The Balaban J connectivity index is 2.43. The minimum atomic E-state index is -1.99. The predicted octanol–water partition coefficient (Wildman–Crippen LogP) is 3.43. The fourth-order valence-corrected chi connectivity index (χ4v) is 4.30. The second-order valence-electron chi connectivity index (χ2n) is 5.55. The van der Waals surface area contributed by atoms with E-state index in [0.29, 0.717) is 24.0 Å². The summed E-state index contributed by atoms with van der Waals surface area (Å²) in [6.07, 6.45) is 0.995. The van der Waals surface area contributed by atoms with E-state index in [-0.39, 0.29) is 42.5 Å². The van der Waals surface area contributed by atoms with Crippen molar-refractivity contribution in [1.29, 1.82) is 0 Å². The Morgan fingerprint density at radius 3 is 1.42 bits per heavy atom. The molecular weight excluding hydrogens is 392 g/mol. The molecule has 0 aliphatic rings. The van der Waals surface area contributed by atoms with Crippen LogP contribution in [0.1, 0.15) is 36.1 Å². The Morgan fingerprint density at radius 2 is 1.12 bits per heavy atom. The SMILES string of the molecule is CCc1cc(C(=S)S(=O)C(=S)c2cc(CC)c(O)cc2O)c(O)cc1O. The Labute approximate surface area is 164 Å². The molecule has 138 valence electrons. The number of rotatable bonds is 4. The normalized spacial score (nSPS) is 10.9. The van der Waals surface area contributed by atoms with Crippen LogP contribution in [0.25, 0.3) is 0 Å². The van der Waals surface area contributed by atoms with Gasteiger partial charge in [-0.25, -0.2) is 4.21 Å². The molecule has 0 amide bonds. The summed E-state index contributed by atoms with van der Waals surface area (Å²) in [5.41, 5.74) is 1.38. The highest BCUT2D eigenvalue weighted by Crippen LogP contribution is 2.32. The van der Waals surface area contributed by atoms with E-state index in [1.54, 1.807) is 0 Å². The van der Waals surface area contributed by atoms with Gasteiger partial charge in [0.25, 0.3) is 0 Å². The van der Waals surface area contributed by atoms with Crippen LogP contribution >= 0.6 is 24.4 Å². The van der Waals surface area contributed by atoms with Gasteiger partial charge in [0.2, 0.25) is 0 Å². The van der Waals surface area contributed by atoms with Gasteiger partial charge in [0.15, 0.2) is 0 Å². The van der Waals surface area contributed by atoms with E-state index in [1.807, 2.05) is 13.8 Å². The number of aryl methyl sites for hydroxylation is 2. The highest BCUT2D eigenvalue weighted by Gasteiger charge is 2.23. The van der Waals surface area contributed by atoms with Crippen LogP contribution < -0.4 is 0 Å². The Hall–Kier alpha value is -2.03. The van der Waals surface area contributed by atoms with Gasteiger partial charge in [0.1, 0.15) is 42.2 Å². The summed E-state index contributed by atoms with van der Waals surface area (Å²) < 4.78 is 12.6. The summed E-state index contributed by atoms with van der Waals surface area (Å²) in [5.74, 6) is -0.752. The lowest BCUT2D eigenvalue weighted by Crippen LogP contribution is -2.16. The molecule has 2 rings (SSSR count). The van der Waals surface area contributed by atoms with Crippen molar-refractivity contribution in [1.82, 2.24) is 0 Å². The Kier molecular flexibility index (Phi) is 6.33. The second-order valence-corrected chi connectivity index (χ2v) is 8.23. The molecule has 0 aliphatic heterocycles.